The second-order valence-corrected chi connectivity index (χ2v) is 4.61. The third kappa shape index (κ3) is 2.71. The Balaban J connectivity index is 2.32. The molecule has 2 aromatic rings. The van der Waals surface area contributed by atoms with Gasteiger partial charge >= 0.3 is 0 Å². The minimum absolute atomic E-state index is 0.0709. The van der Waals surface area contributed by atoms with Crippen LogP contribution in [0.15, 0.2) is 48.5 Å². The molecule has 0 radical (unpaired) electrons. The van der Waals surface area contributed by atoms with Gasteiger partial charge in [-0.3, -0.25) is 4.79 Å². The molecule has 1 unspecified atom stereocenters. The zero-order chi connectivity index (χ0) is 13.1. The quantitative estimate of drug-likeness (QED) is 0.592. The van der Waals surface area contributed by atoms with E-state index in [4.69, 9.17) is 23.2 Å². The van der Waals surface area contributed by atoms with Crippen LogP contribution in [0.25, 0.3) is 0 Å². The zero-order valence-electron chi connectivity index (χ0n) is 9.24. The van der Waals surface area contributed by atoms with Crippen LogP contribution in [0.1, 0.15) is 21.3 Å². The number of ketones is 1. The first kappa shape index (κ1) is 13.1. The van der Waals surface area contributed by atoms with Crippen molar-refractivity contribution in [1.29, 1.82) is 0 Å². The Bertz CT molecular complexity index is 569. The highest BCUT2D eigenvalue weighted by Gasteiger charge is 2.21. The second kappa shape index (κ2) is 5.51. The van der Waals surface area contributed by atoms with Gasteiger partial charge in [-0.1, -0.05) is 41.9 Å². The molecule has 0 bridgehead atoms. The fourth-order valence-corrected chi connectivity index (χ4v) is 2.12. The van der Waals surface area contributed by atoms with Gasteiger partial charge < -0.3 is 0 Å². The molecular weight excluding hydrogens is 274 g/mol. The number of hydrogen-bond donors (Lipinski definition) is 0. The van der Waals surface area contributed by atoms with E-state index in [0.29, 0.717) is 5.56 Å². The SMILES string of the molecule is O=C(c1ccc(F)cc1Cl)C(Cl)c1ccccc1. The van der Waals surface area contributed by atoms with Gasteiger partial charge in [0.2, 0.25) is 0 Å². The van der Waals surface area contributed by atoms with Crippen LogP contribution < -0.4 is 0 Å². The van der Waals surface area contributed by atoms with Crippen molar-refractivity contribution in [3.63, 3.8) is 0 Å². The number of rotatable bonds is 3. The van der Waals surface area contributed by atoms with Gasteiger partial charge in [-0.05, 0) is 23.8 Å². The highest BCUT2D eigenvalue weighted by Crippen LogP contribution is 2.28. The summed E-state index contributed by atoms with van der Waals surface area (Å²) in [7, 11) is 0. The molecule has 1 nitrogen and oxygen atoms in total. The van der Waals surface area contributed by atoms with Gasteiger partial charge in [-0.2, -0.15) is 0 Å². The number of halogens is 3. The number of carbonyl (C=O) groups is 1. The van der Waals surface area contributed by atoms with Crippen LogP contribution in [-0.4, -0.2) is 5.78 Å². The van der Waals surface area contributed by atoms with Crippen LogP contribution in [0.3, 0.4) is 0 Å². The summed E-state index contributed by atoms with van der Waals surface area (Å²) in [6, 6.07) is 12.6. The summed E-state index contributed by atoms with van der Waals surface area (Å²) in [6.45, 7) is 0. The molecule has 0 heterocycles. The lowest BCUT2D eigenvalue weighted by molar-refractivity contribution is 0.0987. The van der Waals surface area contributed by atoms with Crippen LogP contribution in [0.5, 0.6) is 0 Å². The van der Waals surface area contributed by atoms with Crippen LogP contribution in [-0.2, 0) is 0 Å². The maximum absolute atomic E-state index is 12.9. The molecule has 0 aliphatic rings. The van der Waals surface area contributed by atoms with Crippen molar-refractivity contribution in [2.24, 2.45) is 0 Å². The molecule has 0 aliphatic heterocycles. The lowest BCUT2D eigenvalue weighted by atomic mass is 10.0. The summed E-state index contributed by atoms with van der Waals surface area (Å²) in [4.78, 5) is 12.1. The van der Waals surface area contributed by atoms with Gasteiger partial charge in [0.1, 0.15) is 11.2 Å². The number of Topliss-reactive ketones (excluding diaryl/α,β-unsaturated/α-hetero) is 1. The molecule has 0 aromatic heterocycles. The molecule has 0 saturated heterocycles. The first-order valence-electron chi connectivity index (χ1n) is 5.28. The van der Waals surface area contributed by atoms with E-state index in [1.165, 1.54) is 12.1 Å². The molecule has 2 rings (SSSR count). The van der Waals surface area contributed by atoms with E-state index in [9.17, 15) is 9.18 Å². The average molecular weight is 283 g/mol. The third-order valence-corrected chi connectivity index (χ3v) is 3.28. The topological polar surface area (TPSA) is 17.1 Å². The minimum Gasteiger partial charge on any atom is -0.292 e. The van der Waals surface area contributed by atoms with Crippen molar-refractivity contribution in [2.45, 2.75) is 5.38 Å². The van der Waals surface area contributed by atoms with E-state index in [2.05, 4.69) is 0 Å². The van der Waals surface area contributed by atoms with E-state index in [-0.39, 0.29) is 16.4 Å². The predicted molar refractivity (Wildman–Crippen MR) is 70.8 cm³/mol. The Morgan fingerprint density at radius 3 is 2.39 bits per heavy atom. The van der Waals surface area contributed by atoms with E-state index in [0.717, 1.165) is 6.07 Å². The highest BCUT2D eigenvalue weighted by atomic mass is 35.5. The van der Waals surface area contributed by atoms with Crippen molar-refractivity contribution in [1.82, 2.24) is 0 Å². The number of alkyl halides is 1. The van der Waals surface area contributed by atoms with Crippen LogP contribution >= 0.6 is 23.2 Å². The van der Waals surface area contributed by atoms with Gasteiger partial charge in [-0.25, -0.2) is 4.39 Å². The van der Waals surface area contributed by atoms with E-state index >= 15 is 0 Å². The molecule has 0 amide bonds. The molecule has 0 N–H and O–H groups in total. The van der Waals surface area contributed by atoms with Crippen molar-refractivity contribution < 1.29 is 9.18 Å². The number of hydrogen-bond acceptors (Lipinski definition) is 1. The first-order chi connectivity index (χ1) is 8.59. The van der Waals surface area contributed by atoms with E-state index in [1.807, 2.05) is 6.07 Å². The van der Waals surface area contributed by atoms with E-state index < -0.39 is 11.2 Å². The Hall–Kier alpha value is -1.38. The van der Waals surface area contributed by atoms with Crippen LogP contribution in [0, 0.1) is 5.82 Å². The lowest BCUT2D eigenvalue weighted by Gasteiger charge is -2.10. The molecule has 0 saturated carbocycles. The Kier molecular flexibility index (Phi) is 4.00. The van der Waals surface area contributed by atoms with Crippen molar-refractivity contribution in [3.8, 4) is 0 Å². The van der Waals surface area contributed by atoms with E-state index in [1.54, 1.807) is 24.3 Å². The molecule has 18 heavy (non-hydrogen) atoms. The highest BCUT2D eigenvalue weighted by molar-refractivity contribution is 6.38. The molecule has 0 spiro atoms. The van der Waals surface area contributed by atoms with Crippen LogP contribution in [0.4, 0.5) is 4.39 Å². The van der Waals surface area contributed by atoms with Crippen LogP contribution in [0.2, 0.25) is 5.02 Å². The molecule has 2 aromatic carbocycles. The Labute approximate surface area is 114 Å². The second-order valence-electron chi connectivity index (χ2n) is 3.76. The summed E-state index contributed by atoms with van der Waals surface area (Å²) < 4.78 is 12.9. The molecule has 1 atom stereocenters. The molecule has 4 heteroatoms. The molecule has 92 valence electrons. The van der Waals surface area contributed by atoms with Crippen molar-refractivity contribution in [2.75, 3.05) is 0 Å². The summed E-state index contributed by atoms with van der Waals surface area (Å²) in [6.07, 6.45) is 0. The number of carbonyl (C=O) groups excluding carboxylic acids is 1. The Morgan fingerprint density at radius 1 is 1.11 bits per heavy atom. The average Bonchev–Trinajstić information content (AvgIpc) is 2.38. The molecular formula is C14H9Cl2FO. The van der Waals surface area contributed by atoms with Gasteiger partial charge in [0, 0.05) is 5.56 Å². The maximum Gasteiger partial charge on any atom is 0.186 e. The standard InChI is InChI=1S/C14H9Cl2FO/c15-12-8-10(17)6-7-11(12)14(18)13(16)9-4-2-1-3-5-9/h1-8,13H. The fourth-order valence-electron chi connectivity index (χ4n) is 1.60. The van der Waals surface area contributed by atoms with Gasteiger partial charge in [-0.15, -0.1) is 11.6 Å². The van der Waals surface area contributed by atoms with Crippen molar-refractivity contribution >= 4 is 29.0 Å². The van der Waals surface area contributed by atoms with Gasteiger partial charge in [0.25, 0.3) is 0 Å². The number of benzene rings is 2. The minimum atomic E-state index is -0.825. The normalized spacial score (nSPS) is 12.2. The largest absolute Gasteiger partial charge is 0.292 e. The predicted octanol–water partition coefficient (Wildman–Crippen LogP) is 4.64. The summed E-state index contributed by atoms with van der Waals surface area (Å²) in [5.74, 6) is -0.824. The zero-order valence-corrected chi connectivity index (χ0v) is 10.8. The first-order valence-corrected chi connectivity index (χ1v) is 6.09. The van der Waals surface area contributed by atoms with Crippen molar-refractivity contribution in [3.05, 3.63) is 70.5 Å². The molecule has 0 aliphatic carbocycles. The summed E-state index contributed by atoms with van der Waals surface area (Å²) in [5.41, 5.74) is 0.909. The lowest BCUT2D eigenvalue weighted by Crippen LogP contribution is -2.08. The maximum atomic E-state index is 12.9. The summed E-state index contributed by atoms with van der Waals surface area (Å²) >= 11 is 11.9. The molecule has 0 fully saturated rings. The van der Waals surface area contributed by atoms with Gasteiger partial charge in [0.15, 0.2) is 5.78 Å². The summed E-state index contributed by atoms with van der Waals surface area (Å²) in [5, 5.41) is -0.754. The monoisotopic (exact) mass is 282 g/mol. The third-order valence-electron chi connectivity index (χ3n) is 2.52. The van der Waals surface area contributed by atoms with Gasteiger partial charge in [0.05, 0.1) is 5.02 Å². The Morgan fingerprint density at radius 2 is 1.78 bits per heavy atom. The fraction of sp³-hybridized carbons (Fsp3) is 0.0714. The smallest absolute Gasteiger partial charge is 0.186 e.